The molecule has 2 aliphatic heterocycles. The maximum atomic E-state index is 12.4. The number of hydrogen-bond donors (Lipinski definition) is 8. The molecule has 19 nitrogen and oxygen atoms in total. The molecule has 2 aromatic rings. The molecule has 0 aromatic carbocycles. The summed E-state index contributed by atoms with van der Waals surface area (Å²) in [6.07, 6.45) is -4.91. The Labute approximate surface area is 218 Å². The highest BCUT2D eigenvalue weighted by molar-refractivity contribution is 7.61. The van der Waals surface area contributed by atoms with Gasteiger partial charge in [-0.3, -0.25) is 13.6 Å². The second-order valence-corrected chi connectivity index (χ2v) is 12.3. The van der Waals surface area contributed by atoms with Crippen LogP contribution in [0.4, 0.5) is 5.82 Å². The van der Waals surface area contributed by atoms with E-state index in [-0.39, 0.29) is 5.82 Å². The molecule has 2 saturated heterocycles. The minimum atomic E-state index is -5.41. The number of rotatable bonds is 10. The third kappa shape index (κ3) is 5.25. The molecule has 39 heavy (non-hydrogen) atoms. The minimum Gasteiger partial charge on any atom is -0.394 e. The Morgan fingerprint density at radius 2 is 1.92 bits per heavy atom. The first-order valence-electron chi connectivity index (χ1n) is 11.6. The number of nitrogens with two attached hydrogens (primary N) is 1. The van der Waals surface area contributed by atoms with Gasteiger partial charge in [-0.15, -0.1) is 0 Å². The van der Waals surface area contributed by atoms with E-state index in [9.17, 15) is 39.3 Å². The first-order valence-corrected chi connectivity index (χ1v) is 14.6. The maximum Gasteiger partial charge on any atom is 0.483 e. The monoisotopic (exact) mass is 599 g/mol. The van der Waals surface area contributed by atoms with Crippen molar-refractivity contribution in [3.8, 4) is 0 Å². The van der Waals surface area contributed by atoms with Gasteiger partial charge in [0.05, 0.1) is 55.8 Å². The molecule has 3 aliphatic rings. The number of aliphatic hydroxyl groups excluding tert-OH is 4. The van der Waals surface area contributed by atoms with Crippen LogP contribution in [0.1, 0.15) is 19.1 Å². The largest absolute Gasteiger partial charge is 0.483 e. The number of nitrogens with zero attached hydrogens (tertiary/aromatic N) is 4. The second kappa shape index (κ2) is 10.3. The quantitative estimate of drug-likeness (QED) is 0.133. The predicted octanol–water partition coefficient (Wildman–Crippen LogP) is -2.30. The average molecular weight is 599 g/mol. The zero-order valence-electron chi connectivity index (χ0n) is 19.9. The van der Waals surface area contributed by atoms with Crippen LogP contribution in [0, 0.1) is 11.8 Å². The van der Waals surface area contributed by atoms with Crippen LogP contribution in [0.25, 0.3) is 11.2 Å². The van der Waals surface area contributed by atoms with Gasteiger partial charge in [-0.25, -0.2) is 24.1 Å². The number of anilines is 1. The van der Waals surface area contributed by atoms with Gasteiger partial charge in [-0.2, -0.15) is 4.31 Å². The van der Waals surface area contributed by atoms with Crippen LogP contribution in [0.5, 0.6) is 0 Å². The van der Waals surface area contributed by atoms with Gasteiger partial charge < -0.3 is 50.5 Å². The summed E-state index contributed by atoms with van der Waals surface area (Å²) < 4.78 is 50.9. The standard InChI is InChI=1S/C18H27N5O14P2/c19-15-12-16(21-5-20-15)23(6-22-12)9-2-1-7(34-9)4-33-38(29,30)37-39(31,32)36-17-11-14(27)13(26)10(8(25)3-24)18(11,28)35-17/h5-11,13-14,17,24-28H,1-4H2,(H,29,30)(H,31,32)(H2,19,20,21)/t7-,8-,9+,10?,11?,13?,14?,17?,18?/m0/s1. The SMILES string of the molecule is Nc1ncnc2c1ncn2[C@H]1CC[C@@H](COP(=O)(O)OP(=O)(O)OC2OC3(O)C2C(O)C(O)C3[C@@H](O)CO)O1. The van der Waals surface area contributed by atoms with Crippen LogP contribution >= 0.6 is 15.6 Å². The van der Waals surface area contributed by atoms with E-state index in [4.69, 9.17) is 24.8 Å². The lowest BCUT2D eigenvalue weighted by atomic mass is 9.86. The number of imidazole rings is 1. The number of ether oxygens (including phenoxy) is 2. The minimum absolute atomic E-state index is 0.184. The number of phosphoric ester groups is 2. The lowest BCUT2D eigenvalue weighted by molar-refractivity contribution is -0.427. The van der Waals surface area contributed by atoms with E-state index >= 15 is 0 Å². The second-order valence-electron chi connectivity index (χ2n) is 9.31. The van der Waals surface area contributed by atoms with Gasteiger partial charge >= 0.3 is 15.6 Å². The average Bonchev–Trinajstić information content (AvgIpc) is 3.51. The summed E-state index contributed by atoms with van der Waals surface area (Å²) in [6, 6.07) is 0. The Balaban J connectivity index is 1.15. The van der Waals surface area contributed by atoms with E-state index in [0.717, 1.165) is 0 Å². The fraction of sp³-hybridized carbons (Fsp3) is 0.722. The maximum absolute atomic E-state index is 12.4. The number of aliphatic hydroxyl groups is 5. The molecule has 0 spiro atoms. The van der Waals surface area contributed by atoms with Gasteiger partial charge in [0, 0.05) is 0 Å². The molecular weight excluding hydrogens is 572 g/mol. The predicted molar refractivity (Wildman–Crippen MR) is 123 cm³/mol. The Hall–Kier alpha value is -1.67. The van der Waals surface area contributed by atoms with Gasteiger partial charge in [-0.05, 0) is 12.8 Å². The Kier molecular flexibility index (Phi) is 7.62. The number of phosphoric acid groups is 2. The Morgan fingerprint density at radius 3 is 2.64 bits per heavy atom. The number of fused-ring (bicyclic) bond motifs is 2. The summed E-state index contributed by atoms with van der Waals surface area (Å²) in [5, 5.41) is 49.8. The molecular formula is C18H27N5O14P2. The van der Waals surface area contributed by atoms with Crippen LogP contribution in [0.2, 0.25) is 0 Å². The van der Waals surface area contributed by atoms with Crippen LogP contribution < -0.4 is 5.73 Å². The molecule has 0 radical (unpaired) electrons. The summed E-state index contributed by atoms with van der Waals surface area (Å²) in [5.41, 5.74) is 6.57. The topological polar surface area (TPSA) is 292 Å². The fourth-order valence-electron chi connectivity index (χ4n) is 5.12. The van der Waals surface area contributed by atoms with Crippen molar-refractivity contribution in [3.05, 3.63) is 12.7 Å². The van der Waals surface area contributed by atoms with Crippen molar-refractivity contribution in [1.82, 2.24) is 19.5 Å². The molecule has 1 aliphatic carbocycles. The van der Waals surface area contributed by atoms with Crippen LogP contribution in [-0.2, 0) is 32.0 Å². The van der Waals surface area contributed by atoms with Crippen molar-refractivity contribution in [2.24, 2.45) is 11.8 Å². The fourth-order valence-corrected chi connectivity index (χ4v) is 7.29. The highest BCUT2D eigenvalue weighted by Crippen LogP contribution is 2.64. The Bertz CT molecular complexity index is 1320. The van der Waals surface area contributed by atoms with E-state index in [1.165, 1.54) is 12.7 Å². The van der Waals surface area contributed by atoms with E-state index in [0.29, 0.717) is 24.0 Å². The molecule has 21 heteroatoms. The molecule has 1 saturated carbocycles. The summed E-state index contributed by atoms with van der Waals surface area (Å²) in [7, 11) is -10.6. The van der Waals surface area contributed by atoms with E-state index in [2.05, 4.69) is 23.8 Å². The first-order chi connectivity index (χ1) is 18.3. The van der Waals surface area contributed by atoms with E-state index in [1.807, 2.05) is 0 Å². The van der Waals surface area contributed by atoms with Crippen LogP contribution in [0.3, 0.4) is 0 Å². The highest BCUT2D eigenvalue weighted by Gasteiger charge is 2.73. The lowest BCUT2D eigenvalue weighted by Gasteiger charge is -2.49. The number of hydrogen-bond acceptors (Lipinski definition) is 16. The van der Waals surface area contributed by atoms with Crippen LogP contribution in [-0.4, -0.2) is 105 Å². The van der Waals surface area contributed by atoms with Gasteiger partial charge in [0.2, 0.25) is 0 Å². The molecule has 11 atom stereocenters. The lowest BCUT2D eigenvalue weighted by Crippen LogP contribution is -2.64. The van der Waals surface area contributed by atoms with Gasteiger partial charge in [0.15, 0.2) is 23.5 Å². The molecule has 3 fully saturated rings. The first kappa shape index (κ1) is 28.8. The molecule has 2 aromatic heterocycles. The molecule has 8 unspecified atom stereocenters. The van der Waals surface area contributed by atoms with Crippen molar-refractivity contribution < 1.29 is 67.3 Å². The van der Waals surface area contributed by atoms with Crippen molar-refractivity contribution in [1.29, 1.82) is 0 Å². The molecule has 0 bridgehead atoms. The van der Waals surface area contributed by atoms with Crippen molar-refractivity contribution in [2.45, 2.75) is 55.6 Å². The number of nitrogen functional groups attached to an aromatic ring is 1. The summed E-state index contributed by atoms with van der Waals surface area (Å²) >= 11 is 0. The molecule has 5 rings (SSSR count). The van der Waals surface area contributed by atoms with Gasteiger partial charge in [0.25, 0.3) is 0 Å². The smallest absolute Gasteiger partial charge is 0.394 e. The normalized spacial score (nSPS) is 38.2. The molecule has 9 N–H and O–H groups in total. The summed E-state index contributed by atoms with van der Waals surface area (Å²) in [6.45, 7) is -1.40. The number of aromatic nitrogens is 4. The van der Waals surface area contributed by atoms with Crippen molar-refractivity contribution >= 4 is 32.6 Å². The van der Waals surface area contributed by atoms with Gasteiger partial charge in [-0.1, -0.05) is 0 Å². The summed E-state index contributed by atoms with van der Waals surface area (Å²) in [4.78, 5) is 32.1. The van der Waals surface area contributed by atoms with Crippen molar-refractivity contribution in [2.75, 3.05) is 18.9 Å². The van der Waals surface area contributed by atoms with E-state index in [1.54, 1.807) is 4.57 Å². The highest BCUT2D eigenvalue weighted by atomic mass is 31.3. The molecule has 218 valence electrons. The van der Waals surface area contributed by atoms with Crippen molar-refractivity contribution in [3.63, 3.8) is 0 Å². The zero-order valence-corrected chi connectivity index (χ0v) is 21.6. The molecule has 0 amide bonds. The zero-order chi connectivity index (χ0) is 28.3. The third-order valence-electron chi connectivity index (χ3n) is 6.89. The Morgan fingerprint density at radius 1 is 1.18 bits per heavy atom. The van der Waals surface area contributed by atoms with Gasteiger partial charge in [0.1, 0.15) is 18.1 Å². The van der Waals surface area contributed by atoms with Crippen LogP contribution in [0.15, 0.2) is 12.7 Å². The van der Waals surface area contributed by atoms with E-state index < -0.39 is 83.4 Å². The third-order valence-corrected chi connectivity index (χ3v) is 9.49. The molecule has 4 heterocycles. The summed E-state index contributed by atoms with van der Waals surface area (Å²) in [5.74, 6) is -5.37.